The molecule has 0 saturated carbocycles. The molecule has 10 rings (SSSR count). The van der Waals surface area contributed by atoms with Crippen LogP contribution in [0, 0.1) is 0 Å². The molecule has 8 aromatic carbocycles. The average molecular weight is 650 g/mol. The van der Waals surface area contributed by atoms with Gasteiger partial charge in [-0.2, -0.15) is 0 Å². The molecule has 238 valence electrons. The number of hydrogen-bond acceptors (Lipinski definition) is 3. The molecule has 0 fully saturated rings. The smallest absolute Gasteiger partial charge is 0.164 e. The Hall–Kier alpha value is -6.71. The molecule has 0 bridgehead atoms. The van der Waals surface area contributed by atoms with Crippen LogP contribution in [-0.4, -0.2) is 15.0 Å². The minimum Gasteiger partial charge on any atom is -0.208 e. The van der Waals surface area contributed by atoms with Crippen LogP contribution in [-0.2, 0) is 6.42 Å². The minimum absolute atomic E-state index is 0.651. The van der Waals surface area contributed by atoms with Gasteiger partial charge in [-0.3, -0.25) is 0 Å². The van der Waals surface area contributed by atoms with Crippen molar-refractivity contribution in [3.63, 3.8) is 0 Å². The van der Waals surface area contributed by atoms with Gasteiger partial charge in [0.2, 0.25) is 0 Å². The fraction of sp³-hybridized carbons (Fsp3) is 0.0208. The molecule has 0 radical (unpaired) electrons. The highest BCUT2D eigenvalue weighted by Gasteiger charge is 2.22. The Bertz CT molecular complexity index is 2750. The lowest BCUT2D eigenvalue weighted by atomic mass is 9.95. The summed E-state index contributed by atoms with van der Waals surface area (Å²) < 4.78 is 0. The van der Waals surface area contributed by atoms with Crippen molar-refractivity contribution in [1.29, 1.82) is 0 Å². The lowest BCUT2D eigenvalue weighted by Crippen LogP contribution is -2.01. The van der Waals surface area contributed by atoms with Gasteiger partial charge in [0.25, 0.3) is 0 Å². The summed E-state index contributed by atoms with van der Waals surface area (Å²) in [4.78, 5) is 15.5. The van der Waals surface area contributed by atoms with Crippen LogP contribution in [0.25, 0.3) is 89.1 Å². The van der Waals surface area contributed by atoms with E-state index in [1.165, 1.54) is 49.7 Å². The molecule has 1 aliphatic carbocycles. The molecule has 0 aliphatic heterocycles. The Balaban J connectivity index is 1.14. The Morgan fingerprint density at radius 1 is 0.314 bits per heavy atom. The third-order valence-electron chi connectivity index (χ3n) is 10.2. The molecule has 0 spiro atoms. The molecule has 51 heavy (non-hydrogen) atoms. The molecule has 0 amide bonds. The Morgan fingerprint density at radius 2 is 0.902 bits per heavy atom. The van der Waals surface area contributed by atoms with Crippen LogP contribution in [0.2, 0.25) is 0 Å². The number of aromatic nitrogens is 3. The zero-order valence-electron chi connectivity index (χ0n) is 27.8. The van der Waals surface area contributed by atoms with E-state index in [2.05, 4.69) is 170 Å². The van der Waals surface area contributed by atoms with Crippen molar-refractivity contribution < 1.29 is 0 Å². The van der Waals surface area contributed by atoms with Gasteiger partial charge in [0, 0.05) is 16.7 Å². The van der Waals surface area contributed by atoms with E-state index in [4.69, 9.17) is 15.0 Å². The van der Waals surface area contributed by atoms with Gasteiger partial charge in [-0.25, -0.2) is 15.0 Å². The molecule has 1 aliphatic rings. The Morgan fingerprint density at radius 3 is 1.73 bits per heavy atom. The van der Waals surface area contributed by atoms with E-state index in [0.29, 0.717) is 17.5 Å². The van der Waals surface area contributed by atoms with Gasteiger partial charge in [-0.1, -0.05) is 170 Å². The maximum absolute atomic E-state index is 5.21. The fourth-order valence-electron chi connectivity index (χ4n) is 7.67. The highest BCUT2D eigenvalue weighted by atomic mass is 15.0. The minimum atomic E-state index is 0.651. The van der Waals surface area contributed by atoms with Crippen molar-refractivity contribution in [3.8, 4) is 67.5 Å². The van der Waals surface area contributed by atoms with Crippen molar-refractivity contribution >= 4 is 21.5 Å². The molecular weight excluding hydrogens is 619 g/mol. The number of rotatable bonds is 5. The molecule has 1 heterocycles. The molecule has 0 N–H and O–H groups in total. The van der Waals surface area contributed by atoms with Crippen molar-refractivity contribution in [2.75, 3.05) is 0 Å². The number of nitrogens with zero attached hydrogens (tertiary/aromatic N) is 3. The van der Waals surface area contributed by atoms with Gasteiger partial charge in [0.1, 0.15) is 0 Å². The Labute approximate surface area is 296 Å². The molecule has 0 atom stereocenters. The van der Waals surface area contributed by atoms with Crippen molar-refractivity contribution in [3.05, 3.63) is 187 Å². The summed E-state index contributed by atoms with van der Waals surface area (Å²) >= 11 is 0. The van der Waals surface area contributed by atoms with Crippen molar-refractivity contribution in [2.45, 2.75) is 6.42 Å². The summed E-state index contributed by atoms with van der Waals surface area (Å²) in [6.45, 7) is 0. The largest absolute Gasteiger partial charge is 0.208 e. The number of hydrogen-bond donors (Lipinski definition) is 0. The molecule has 0 unspecified atom stereocenters. The predicted octanol–water partition coefficient (Wildman–Crippen LogP) is 12.1. The van der Waals surface area contributed by atoms with Gasteiger partial charge < -0.3 is 0 Å². The summed E-state index contributed by atoms with van der Waals surface area (Å²) in [6.07, 6.45) is 0.926. The van der Waals surface area contributed by atoms with Crippen molar-refractivity contribution in [2.24, 2.45) is 0 Å². The molecule has 0 saturated heterocycles. The maximum atomic E-state index is 5.21. The summed E-state index contributed by atoms with van der Waals surface area (Å²) in [5.74, 6) is 1.97. The van der Waals surface area contributed by atoms with E-state index < -0.39 is 0 Å². The average Bonchev–Trinajstić information content (AvgIpc) is 3.60. The van der Waals surface area contributed by atoms with E-state index in [-0.39, 0.29) is 0 Å². The second kappa shape index (κ2) is 12.0. The lowest BCUT2D eigenvalue weighted by molar-refractivity contribution is 1.08. The van der Waals surface area contributed by atoms with Crippen molar-refractivity contribution in [1.82, 2.24) is 15.0 Å². The van der Waals surface area contributed by atoms with E-state index in [1.54, 1.807) is 0 Å². The van der Waals surface area contributed by atoms with E-state index in [1.807, 2.05) is 6.07 Å². The normalized spacial score (nSPS) is 11.8. The second-order valence-corrected chi connectivity index (χ2v) is 13.2. The first-order valence-electron chi connectivity index (χ1n) is 17.4. The van der Waals surface area contributed by atoms with Crippen LogP contribution in [0.5, 0.6) is 0 Å². The zero-order valence-corrected chi connectivity index (χ0v) is 27.8. The van der Waals surface area contributed by atoms with Crippen LogP contribution in [0.15, 0.2) is 176 Å². The summed E-state index contributed by atoms with van der Waals surface area (Å²) in [7, 11) is 0. The summed E-state index contributed by atoms with van der Waals surface area (Å²) in [6, 6.07) is 62.3. The number of fused-ring (bicyclic) bond motifs is 6. The molecular formula is C48H31N3. The first kappa shape index (κ1) is 29.2. The van der Waals surface area contributed by atoms with Crippen LogP contribution in [0.1, 0.15) is 11.1 Å². The van der Waals surface area contributed by atoms with E-state index in [9.17, 15) is 0 Å². The molecule has 3 nitrogen and oxygen atoms in total. The topological polar surface area (TPSA) is 38.7 Å². The van der Waals surface area contributed by atoms with Gasteiger partial charge in [0.05, 0.1) is 0 Å². The summed E-state index contributed by atoms with van der Waals surface area (Å²) in [5, 5.41) is 4.74. The van der Waals surface area contributed by atoms with Gasteiger partial charge in [-0.05, 0) is 78.5 Å². The summed E-state index contributed by atoms with van der Waals surface area (Å²) in [5.41, 5.74) is 13.0. The SMILES string of the molecule is c1ccc(-c2ccc(-c3nc(-c4ccc5c(-c6ccccc6)cccc5c4)nc(-c4cccc5c6c(ccc45)-c4ccccc4C6)n3)cc2)cc1. The molecule has 9 aromatic rings. The second-order valence-electron chi connectivity index (χ2n) is 13.2. The monoisotopic (exact) mass is 649 g/mol. The van der Waals surface area contributed by atoms with E-state index >= 15 is 0 Å². The van der Waals surface area contributed by atoms with Crippen LogP contribution in [0.3, 0.4) is 0 Å². The third-order valence-corrected chi connectivity index (χ3v) is 10.2. The third kappa shape index (κ3) is 5.10. The molecule has 1 aromatic heterocycles. The van der Waals surface area contributed by atoms with Crippen LogP contribution < -0.4 is 0 Å². The van der Waals surface area contributed by atoms with Gasteiger partial charge >= 0.3 is 0 Å². The van der Waals surface area contributed by atoms with E-state index in [0.717, 1.165) is 39.4 Å². The number of benzene rings is 8. The standard InChI is InChI=1S/C48H31N3/c1-3-11-31(12-4-1)32-21-23-34(24-22-32)46-49-47(37-25-26-40-35(29-37)16-9-18-38(40)33-13-5-2-6-14-33)51-48(50-46)44-20-10-19-41-43(44)28-27-42-39-17-8-7-15-36(39)30-45(41)42/h1-29H,30H2. The Kier molecular flexibility index (Phi) is 6.88. The molecule has 3 heteroatoms. The van der Waals surface area contributed by atoms with Crippen LogP contribution in [0.4, 0.5) is 0 Å². The first-order valence-corrected chi connectivity index (χ1v) is 17.4. The van der Waals surface area contributed by atoms with Gasteiger partial charge in [0.15, 0.2) is 17.5 Å². The predicted molar refractivity (Wildman–Crippen MR) is 210 cm³/mol. The zero-order chi connectivity index (χ0) is 33.7. The lowest BCUT2D eigenvalue weighted by Gasteiger charge is -2.13. The maximum Gasteiger partial charge on any atom is 0.164 e. The highest BCUT2D eigenvalue weighted by Crippen LogP contribution is 2.42. The quantitative estimate of drug-likeness (QED) is 0.186. The highest BCUT2D eigenvalue weighted by molar-refractivity contribution is 6.02. The fourth-order valence-corrected chi connectivity index (χ4v) is 7.67. The van der Waals surface area contributed by atoms with Gasteiger partial charge in [-0.15, -0.1) is 0 Å². The first-order chi connectivity index (χ1) is 25.3. The van der Waals surface area contributed by atoms with Crippen LogP contribution >= 0.6 is 0 Å².